The van der Waals surface area contributed by atoms with E-state index in [1.807, 2.05) is 9.62 Å². The van der Waals surface area contributed by atoms with Gasteiger partial charge in [0.25, 0.3) is 10.0 Å². The van der Waals surface area contributed by atoms with E-state index in [1.165, 1.54) is 12.1 Å². The molecule has 12 heteroatoms. The average molecular weight is 454 g/mol. The van der Waals surface area contributed by atoms with Gasteiger partial charge in [-0.05, 0) is 42.5 Å². The molecule has 1 fully saturated rings. The van der Waals surface area contributed by atoms with Gasteiger partial charge in [-0.25, -0.2) is 8.42 Å². The lowest BCUT2D eigenvalue weighted by molar-refractivity contribution is -0.143. The normalized spacial score (nSPS) is 15.9. The SMILES string of the molecule is O=S(=O)(Nc1ccc(N2CCOCC2)cc1)c1cc(C(F)(F)F)cc(C(F)(F)F)c1. The molecule has 0 aliphatic carbocycles. The van der Waals surface area contributed by atoms with Crippen LogP contribution in [0, 0.1) is 0 Å². The molecule has 0 saturated carbocycles. The monoisotopic (exact) mass is 454 g/mol. The minimum atomic E-state index is -5.15. The molecule has 1 heterocycles. The van der Waals surface area contributed by atoms with Gasteiger partial charge in [-0.2, -0.15) is 26.3 Å². The highest BCUT2D eigenvalue weighted by Gasteiger charge is 2.38. The molecule has 2 aromatic carbocycles. The van der Waals surface area contributed by atoms with E-state index in [-0.39, 0.29) is 23.9 Å². The minimum Gasteiger partial charge on any atom is -0.378 e. The fraction of sp³-hybridized carbons (Fsp3) is 0.333. The second kappa shape index (κ2) is 7.99. The molecule has 0 bridgehead atoms. The predicted molar refractivity (Wildman–Crippen MR) is 96.7 cm³/mol. The summed E-state index contributed by atoms with van der Waals surface area (Å²) in [7, 11) is -4.70. The smallest absolute Gasteiger partial charge is 0.378 e. The lowest BCUT2D eigenvalue weighted by Crippen LogP contribution is -2.36. The second-order valence-corrected chi connectivity index (χ2v) is 8.18. The Labute approximate surface area is 168 Å². The molecule has 0 aromatic heterocycles. The molecule has 2 aromatic rings. The van der Waals surface area contributed by atoms with E-state index in [0.717, 1.165) is 5.69 Å². The van der Waals surface area contributed by atoms with E-state index < -0.39 is 38.4 Å². The van der Waals surface area contributed by atoms with Crippen molar-refractivity contribution in [1.29, 1.82) is 0 Å². The first-order chi connectivity index (χ1) is 13.9. The quantitative estimate of drug-likeness (QED) is 0.698. The summed E-state index contributed by atoms with van der Waals surface area (Å²) in [6, 6.07) is 6.14. The van der Waals surface area contributed by atoms with Crippen LogP contribution in [0.1, 0.15) is 11.1 Å². The van der Waals surface area contributed by atoms with Gasteiger partial charge in [-0.15, -0.1) is 0 Å². The first-order valence-electron chi connectivity index (χ1n) is 8.61. The van der Waals surface area contributed by atoms with E-state index in [2.05, 4.69) is 0 Å². The summed E-state index contributed by atoms with van der Waals surface area (Å²) < 4.78 is 110. The van der Waals surface area contributed by atoms with E-state index in [9.17, 15) is 34.8 Å². The number of ether oxygens (including phenoxy) is 1. The van der Waals surface area contributed by atoms with Crippen LogP contribution in [-0.2, 0) is 27.1 Å². The molecule has 30 heavy (non-hydrogen) atoms. The molecule has 0 atom stereocenters. The number of hydrogen-bond acceptors (Lipinski definition) is 4. The Bertz CT molecular complexity index is 966. The number of nitrogens with one attached hydrogen (secondary N) is 1. The van der Waals surface area contributed by atoms with E-state index in [1.54, 1.807) is 12.1 Å². The van der Waals surface area contributed by atoms with Gasteiger partial charge in [-0.3, -0.25) is 4.72 Å². The zero-order chi connectivity index (χ0) is 22.2. The van der Waals surface area contributed by atoms with Gasteiger partial charge in [0, 0.05) is 24.5 Å². The maximum atomic E-state index is 13.0. The van der Waals surface area contributed by atoms with Crippen LogP contribution < -0.4 is 9.62 Å². The molecule has 1 aliphatic rings. The highest BCUT2D eigenvalue weighted by molar-refractivity contribution is 7.92. The van der Waals surface area contributed by atoms with Crippen molar-refractivity contribution in [2.45, 2.75) is 17.2 Å². The summed E-state index contributed by atoms with van der Waals surface area (Å²) in [6.07, 6.45) is -10.3. The third-order valence-corrected chi connectivity index (χ3v) is 5.73. The number of nitrogens with zero attached hydrogens (tertiary/aromatic N) is 1. The molecule has 0 radical (unpaired) electrons. The van der Waals surface area contributed by atoms with Crippen LogP contribution in [0.25, 0.3) is 0 Å². The average Bonchev–Trinajstić information content (AvgIpc) is 2.67. The standard InChI is InChI=1S/C18H16F6N2O3S/c19-17(20,21)12-9-13(18(22,23)24)11-16(10-12)30(27,28)25-14-1-3-15(4-2-14)26-5-7-29-8-6-26/h1-4,9-11,25H,5-8H2. The van der Waals surface area contributed by atoms with Crippen LogP contribution in [-0.4, -0.2) is 34.7 Å². The van der Waals surface area contributed by atoms with Crippen molar-refractivity contribution in [3.8, 4) is 0 Å². The van der Waals surface area contributed by atoms with Gasteiger partial charge >= 0.3 is 12.4 Å². The molecular formula is C18H16F6N2O3S. The maximum absolute atomic E-state index is 13.0. The van der Waals surface area contributed by atoms with Crippen molar-refractivity contribution < 1.29 is 39.5 Å². The van der Waals surface area contributed by atoms with Gasteiger partial charge in [-0.1, -0.05) is 0 Å². The number of anilines is 2. The summed E-state index contributed by atoms with van der Waals surface area (Å²) in [5, 5.41) is 0. The van der Waals surface area contributed by atoms with Crippen molar-refractivity contribution in [3.63, 3.8) is 0 Å². The number of sulfonamides is 1. The summed E-state index contributed by atoms with van der Waals surface area (Å²) in [6.45, 7) is 2.34. The van der Waals surface area contributed by atoms with Gasteiger partial charge < -0.3 is 9.64 Å². The first kappa shape index (κ1) is 22.2. The fourth-order valence-corrected chi connectivity index (χ4v) is 3.99. The molecule has 1 saturated heterocycles. The highest BCUT2D eigenvalue weighted by atomic mass is 32.2. The second-order valence-electron chi connectivity index (χ2n) is 6.49. The molecule has 1 N–H and O–H groups in total. The predicted octanol–water partition coefficient (Wildman–Crippen LogP) is 4.36. The Morgan fingerprint density at radius 2 is 1.33 bits per heavy atom. The number of benzene rings is 2. The molecule has 1 aliphatic heterocycles. The topological polar surface area (TPSA) is 58.6 Å². The summed E-state index contributed by atoms with van der Waals surface area (Å²) in [4.78, 5) is 0.853. The number of halogens is 6. The van der Waals surface area contributed by atoms with Crippen LogP contribution in [0.2, 0.25) is 0 Å². The van der Waals surface area contributed by atoms with Crippen LogP contribution >= 0.6 is 0 Å². The number of morpholine rings is 1. The molecule has 164 valence electrons. The van der Waals surface area contributed by atoms with Gasteiger partial charge in [0.05, 0.1) is 29.2 Å². The Kier molecular flexibility index (Phi) is 5.92. The zero-order valence-electron chi connectivity index (χ0n) is 15.2. The largest absolute Gasteiger partial charge is 0.416 e. The van der Waals surface area contributed by atoms with Gasteiger partial charge in [0.15, 0.2) is 0 Å². The highest BCUT2D eigenvalue weighted by Crippen LogP contribution is 2.37. The van der Waals surface area contributed by atoms with Crippen molar-refractivity contribution in [2.75, 3.05) is 35.9 Å². The van der Waals surface area contributed by atoms with Gasteiger partial charge in [0.2, 0.25) is 0 Å². The number of alkyl halides is 6. The maximum Gasteiger partial charge on any atom is 0.416 e. The van der Waals surface area contributed by atoms with Crippen molar-refractivity contribution in [1.82, 2.24) is 0 Å². The third-order valence-electron chi connectivity index (χ3n) is 4.37. The van der Waals surface area contributed by atoms with Crippen LogP contribution in [0.15, 0.2) is 47.4 Å². The van der Waals surface area contributed by atoms with Crippen LogP contribution in [0.5, 0.6) is 0 Å². The van der Waals surface area contributed by atoms with Crippen molar-refractivity contribution in [2.24, 2.45) is 0 Å². The fourth-order valence-electron chi connectivity index (χ4n) is 2.86. The molecule has 3 rings (SSSR count). The molecule has 5 nitrogen and oxygen atoms in total. The lowest BCUT2D eigenvalue weighted by Gasteiger charge is -2.28. The summed E-state index contributed by atoms with van der Waals surface area (Å²) in [5.41, 5.74) is -2.64. The Morgan fingerprint density at radius 3 is 1.80 bits per heavy atom. The molecule has 0 unspecified atom stereocenters. The Morgan fingerprint density at radius 1 is 0.833 bits per heavy atom. The molecule has 0 spiro atoms. The number of hydrogen-bond donors (Lipinski definition) is 1. The van der Waals surface area contributed by atoms with E-state index >= 15 is 0 Å². The van der Waals surface area contributed by atoms with E-state index in [4.69, 9.17) is 4.74 Å². The third kappa shape index (κ3) is 5.17. The first-order valence-corrected chi connectivity index (χ1v) is 10.1. The Hall–Kier alpha value is -2.47. The molecule has 0 amide bonds. The number of rotatable bonds is 4. The minimum absolute atomic E-state index is 0.00187. The van der Waals surface area contributed by atoms with Crippen molar-refractivity contribution >= 4 is 21.4 Å². The van der Waals surface area contributed by atoms with Gasteiger partial charge in [0.1, 0.15) is 0 Å². The van der Waals surface area contributed by atoms with Crippen LogP contribution in [0.3, 0.4) is 0 Å². The summed E-state index contributed by atoms with van der Waals surface area (Å²) >= 11 is 0. The Balaban J connectivity index is 1.89. The van der Waals surface area contributed by atoms with E-state index in [0.29, 0.717) is 26.3 Å². The molecular weight excluding hydrogens is 438 g/mol. The lowest BCUT2D eigenvalue weighted by atomic mass is 10.1. The zero-order valence-corrected chi connectivity index (χ0v) is 16.0. The summed E-state index contributed by atoms with van der Waals surface area (Å²) in [5.74, 6) is 0. The van der Waals surface area contributed by atoms with Crippen molar-refractivity contribution in [3.05, 3.63) is 53.6 Å². The van der Waals surface area contributed by atoms with Crippen LogP contribution in [0.4, 0.5) is 37.7 Å².